The average molecular weight is 197 g/mol. The molecule has 1 aromatic carbocycles. The Hall–Kier alpha value is -1.29. The molecule has 0 fully saturated rings. The predicted octanol–water partition coefficient (Wildman–Crippen LogP) is 1.62. The Morgan fingerprint density at radius 2 is 2.36 bits per heavy atom. The maximum absolute atomic E-state index is 13.1. The zero-order valence-corrected chi connectivity index (χ0v) is 7.92. The lowest BCUT2D eigenvalue weighted by molar-refractivity contribution is 0.251. The van der Waals surface area contributed by atoms with Crippen molar-refractivity contribution < 1.29 is 13.9 Å². The molecule has 1 aliphatic heterocycles. The molecule has 0 radical (unpaired) electrons. The van der Waals surface area contributed by atoms with E-state index in [4.69, 9.17) is 15.2 Å². The molecule has 0 unspecified atom stereocenters. The maximum atomic E-state index is 13.1. The van der Waals surface area contributed by atoms with Crippen LogP contribution in [0.15, 0.2) is 12.1 Å². The third kappa shape index (κ3) is 1.42. The highest BCUT2D eigenvalue weighted by Crippen LogP contribution is 2.38. The van der Waals surface area contributed by atoms with Crippen molar-refractivity contribution in [1.29, 1.82) is 0 Å². The SMILES string of the molecule is COc1cc(F)cc2c1OCC[C@@H]2N. The number of nitrogens with two attached hydrogens (primary N) is 1. The van der Waals surface area contributed by atoms with E-state index in [9.17, 15) is 4.39 Å². The normalized spacial score (nSPS) is 19.8. The van der Waals surface area contributed by atoms with Crippen LogP contribution in [0.4, 0.5) is 4.39 Å². The molecule has 0 aliphatic carbocycles. The fourth-order valence-electron chi connectivity index (χ4n) is 1.61. The van der Waals surface area contributed by atoms with Gasteiger partial charge in [0.05, 0.1) is 13.7 Å². The molecule has 0 bridgehead atoms. The second-order valence-electron chi connectivity index (χ2n) is 3.27. The van der Waals surface area contributed by atoms with Crippen LogP contribution in [-0.2, 0) is 0 Å². The van der Waals surface area contributed by atoms with Gasteiger partial charge in [-0.2, -0.15) is 0 Å². The molecule has 0 amide bonds. The highest BCUT2D eigenvalue weighted by atomic mass is 19.1. The first-order chi connectivity index (χ1) is 6.72. The molecule has 76 valence electrons. The Morgan fingerprint density at radius 1 is 1.57 bits per heavy atom. The summed E-state index contributed by atoms with van der Waals surface area (Å²) in [6, 6.07) is 2.54. The molecule has 1 aliphatic rings. The van der Waals surface area contributed by atoms with Crippen molar-refractivity contribution in [2.45, 2.75) is 12.5 Å². The lowest BCUT2D eigenvalue weighted by atomic mass is 10.0. The van der Waals surface area contributed by atoms with Gasteiger partial charge >= 0.3 is 0 Å². The number of ether oxygens (including phenoxy) is 2. The second-order valence-corrected chi connectivity index (χ2v) is 3.27. The van der Waals surface area contributed by atoms with Crippen molar-refractivity contribution in [1.82, 2.24) is 0 Å². The van der Waals surface area contributed by atoms with Gasteiger partial charge in [0.25, 0.3) is 0 Å². The number of fused-ring (bicyclic) bond motifs is 1. The van der Waals surface area contributed by atoms with Gasteiger partial charge in [-0.05, 0) is 6.07 Å². The highest BCUT2D eigenvalue weighted by molar-refractivity contribution is 5.49. The van der Waals surface area contributed by atoms with Crippen LogP contribution in [-0.4, -0.2) is 13.7 Å². The van der Waals surface area contributed by atoms with Gasteiger partial charge in [0.1, 0.15) is 5.82 Å². The van der Waals surface area contributed by atoms with Crippen LogP contribution in [0, 0.1) is 5.82 Å². The van der Waals surface area contributed by atoms with Gasteiger partial charge in [-0.1, -0.05) is 0 Å². The zero-order chi connectivity index (χ0) is 10.1. The highest BCUT2D eigenvalue weighted by Gasteiger charge is 2.22. The average Bonchev–Trinajstić information content (AvgIpc) is 2.18. The van der Waals surface area contributed by atoms with Gasteiger partial charge < -0.3 is 15.2 Å². The molecular formula is C10H12FNO2. The number of hydrogen-bond acceptors (Lipinski definition) is 3. The summed E-state index contributed by atoms with van der Waals surface area (Å²) >= 11 is 0. The quantitative estimate of drug-likeness (QED) is 0.744. The van der Waals surface area contributed by atoms with Crippen LogP contribution in [0.1, 0.15) is 18.0 Å². The van der Waals surface area contributed by atoms with Gasteiger partial charge in [-0.15, -0.1) is 0 Å². The summed E-state index contributed by atoms with van der Waals surface area (Å²) in [6.45, 7) is 0.552. The Bertz CT molecular complexity index is 354. The largest absolute Gasteiger partial charge is 0.493 e. The Kier molecular flexibility index (Phi) is 2.29. The molecule has 0 aromatic heterocycles. The van der Waals surface area contributed by atoms with Crippen molar-refractivity contribution in [3.8, 4) is 11.5 Å². The third-order valence-corrected chi connectivity index (χ3v) is 2.34. The van der Waals surface area contributed by atoms with Crippen LogP contribution in [0.5, 0.6) is 11.5 Å². The minimum Gasteiger partial charge on any atom is -0.493 e. The van der Waals surface area contributed by atoms with E-state index in [2.05, 4.69) is 0 Å². The molecular weight excluding hydrogens is 185 g/mol. The van der Waals surface area contributed by atoms with E-state index in [1.807, 2.05) is 0 Å². The zero-order valence-electron chi connectivity index (χ0n) is 7.92. The molecule has 2 rings (SSSR count). The van der Waals surface area contributed by atoms with Gasteiger partial charge in [0, 0.05) is 24.1 Å². The van der Waals surface area contributed by atoms with E-state index in [0.29, 0.717) is 30.1 Å². The first kappa shape index (κ1) is 9.27. The Morgan fingerprint density at radius 3 is 3.07 bits per heavy atom. The molecule has 4 heteroatoms. The van der Waals surface area contributed by atoms with Gasteiger partial charge in [-0.25, -0.2) is 4.39 Å². The topological polar surface area (TPSA) is 44.5 Å². The van der Waals surface area contributed by atoms with Gasteiger partial charge in [0.2, 0.25) is 0 Å². The standard InChI is InChI=1S/C10H12FNO2/c1-13-9-5-6(11)4-7-8(12)2-3-14-10(7)9/h4-5,8H,2-3,12H2,1H3/t8-/m0/s1. The minimum atomic E-state index is -0.346. The van der Waals surface area contributed by atoms with Crippen molar-refractivity contribution >= 4 is 0 Å². The molecule has 0 spiro atoms. The molecule has 1 aromatic rings. The summed E-state index contributed by atoms with van der Waals surface area (Å²) in [5.74, 6) is 0.643. The van der Waals surface area contributed by atoms with Crippen LogP contribution in [0.25, 0.3) is 0 Å². The Labute approximate surface area is 81.6 Å². The molecule has 1 atom stereocenters. The lowest BCUT2D eigenvalue weighted by Crippen LogP contribution is -2.21. The van der Waals surface area contributed by atoms with E-state index < -0.39 is 0 Å². The summed E-state index contributed by atoms with van der Waals surface area (Å²) in [5.41, 5.74) is 6.52. The Balaban J connectivity index is 2.54. The monoisotopic (exact) mass is 197 g/mol. The number of benzene rings is 1. The molecule has 2 N–H and O–H groups in total. The molecule has 0 saturated heterocycles. The summed E-state index contributed by atoms with van der Waals surface area (Å²) in [6.07, 6.45) is 0.708. The molecule has 14 heavy (non-hydrogen) atoms. The molecule has 1 heterocycles. The lowest BCUT2D eigenvalue weighted by Gasteiger charge is -2.24. The first-order valence-electron chi connectivity index (χ1n) is 4.48. The summed E-state index contributed by atoms with van der Waals surface area (Å²) in [4.78, 5) is 0. The predicted molar refractivity (Wildman–Crippen MR) is 50.0 cm³/mol. The molecule has 0 saturated carbocycles. The van der Waals surface area contributed by atoms with E-state index in [1.165, 1.54) is 19.2 Å². The summed E-state index contributed by atoms with van der Waals surface area (Å²) in [5, 5.41) is 0. The number of rotatable bonds is 1. The van der Waals surface area contributed by atoms with E-state index in [-0.39, 0.29) is 11.9 Å². The second kappa shape index (κ2) is 3.46. The fraction of sp³-hybridized carbons (Fsp3) is 0.400. The first-order valence-corrected chi connectivity index (χ1v) is 4.48. The number of hydrogen-bond donors (Lipinski definition) is 1. The van der Waals surface area contributed by atoms with Crippen LogP contribution < -0.4 is 15.2 Å². The van der Waals surface area contributed by atoms with Crippen molar-refractivity contribution in [2.24, 2.45) is 5.73 Å². The maximum Gasteiger partial charge on any atom is 0.166 e. The van der Waals surface area contributed by atoms with Crippen LogP contribution in [0.3, 0.4) is 0 Å². The van der Waals surface area contributed by atoms with Gasteiger partial charge in [-0.3, -0.25) is 0 Å². The number of methoxy groups -OCH3 is 1. The third-order valence-electron chi connectivity index (χ3n) is 2.34. The van der Waals surface area contributed by atoms with Crippen LogP contribution in [0.2, 0.25) is 0 Å². The molecule has 3 nitrogen and oxygen atoms in total. The smallest absolute Gasteiger partial charge is 0.166 e. The van der Waals surface area contributed by atoms with Crippen molar-refractivity contribution in [3.05, 3.63) is 23.5 Å². The van der Waals surface area contributed by atoms with E-state index in [0.717, 1.165) is 0 Å². The summed E-state index contributed by atoms with van der Waals surface area (Å²) in [7, 11) is 1.48. The fourth-order valence-corrected chi connectivity index (χ4v) is 1.61. The summed E-state index contributed by atoms with van der Waals surface area (Å²) < 4.78 is 23.5. The van der Waals surface area contributed by atoms with Gasteiger partial charge in [0.15, 0.2) is 11.5 Å². The van der Waals surface area contributed by atoms with Crippen molar-refractivity contribution in [2.75, 3.05) is 13.7 Å². The van der Waals surface area contributed by atoms with E-state index in [1.54, 1.807) is 0 Å². The van der Waals surface area contributed by atoms with Crippen molar-refractivity contribution in [3.63, 3.8) is 0 Å². The van der Waals surface area contributed by atoms with Crippen LogP contribution >= 0.6 is 0 Å². The van der Waals surface area contributed by atoms with E-state index >= 15 is 0 Å². The minimum absolute atomic E-state index is 0.164. The number of halogens is 1.